The number of nitrogens with one attached hydrogen (secondary N) is 1. The molecule has 0 bridgehead atoms. The van der Waals surface area contributed by atoms with Crippen LogP contribution in [-0.4, -0.2) is 58.3 Å². The summed E-state index contributed by atoms with van der Waals surface area (Å²) in [5, 5.41) is 12.2. The maximum Gasteiger partial charge on any atom is 0.272 e. The quantitative estimate of drug-likeness (QED) is 0.834. The maximum absolute atomic E-state index is 12.7. The minimum atomic E-state index is -0.197. The van der Waals surface area contributed by atoms with E-state index >= 15 is 0 Å². The van der Waals surface area contributed by atoms with E-state index in [2.05, 4.69) is 21.4 Å². The number of hydrogen-bond donors (Lipinski definition) is 1. The third kappa shape index (κ3) is 3.78. The summed E-state index contributed by atoms with van der Waals surface area (Å²) in [4.78, 5) is 35.4. The number of carbonyl (C=O) groups is 2. The fraction of sp³-hybridized carbons (Fsp3) is 0.278. The lowest BCUT2D eigenvalue weighted by molar-refractivity contribution is -0.119. The van der Waals surface area contributed by atoms with Crippen LogP contribution in [0.25, 0.3) is 0 Å². The van der Waals surface area contributed by atoms with Gasteiger partial charge < -0.3 is 15.1 Å². The molecule has 1 aliphatic heterocycles. The van der Waals surface area contributed by atoms with E-state index in [1.165, 1.54) is 0 Å². The van der Waals surface area contributed by atoms with E-state index in [1.807, 2.05) is 0 Å². The molecule has 26 heavy (non-hydrogen) atoms. The highest BCUT2D eigenvalue weighted by Gasteiger charge is 2.23. The van der Waals surface area contributed by atoms with Crippen molar-refractivity contribution in [2.75, 3.05) is 31.5 Å². The normalized spacial score (nSPS) is 13.8. The summed E-state index contributed by atoms with van der Waals surface area (Å²) in [5.74, 6) is 0.0697. The van der Waals surface area contributed by atoms with Crippen LogP contribution >= 0.6 is 0 Å². The lowest BCUT2D eigenvalue weighted by Crippen LogP contribution is -2.48. The number of nitrogens with zero attached hydrogens (tertiary/aromatic N) is 5. The molecule has 2 amide bonds. The average Bonchev–Trinajstić information content (AvgIpc) is 2.67. The van der Waals surface area contributed by atoms with Gasteiger partial charge in [-0.1, -0.05) is 12.1 Å². The third-order valence-corrected chi connectivity index (χ3v) is 4.12. The first-order valence-corrected chi connectivity index (χ1v) is 8.21. The maximum atomic E-state index is 12.7. The van der Waals surface area contributed by atoms with Crippen molar-refractivity contribution in [3.05, 3.63) is 47.3 Å². The average molecular weight is 350 g/mol. The molecule has 1 fully saturated rings. The number of aromatic nitrogens is 2. The van der Waals surface area contributed by atoms with Gasteiger partial charge in [-0.3, -0.25) is 9.59 Å². The first-order valence-electron chi connectivity index (χ1n) is 8.21. The van der Waals surface area contributed by atoms with E-state index in [1.54, 1.807) is 47.1 Å². The van der Waals surface area contributed by atoms with Crippen LogP contribution in [0.3, 0.4) is 0 Å². The predicted octanol–water partition coefficient (Wildman–Crippen LogP) is 1.31. The van der Waals surface area contributed by atoms with Crippen LogP contribution in [0.1, 0.15) is 21.7 Å². The molecule has 0 aliphatic carbocycles. The monoisotopic (exact) mass is 350 g/mol. The van der Waals surface area contributed by atoms with Crippen molar-refractivity contribution < 1.29 is 9.59 Å². The lowest BCUT2D eigenvalue weighted by atomic mass is 10.2. The zero-order valence-electron chi connectivity index (χ0n) is 14.3. The van der Waals surface area contributed by atoms with Crippen molar-refractivity contribution in [2.45, 2.75) is 6.92 Å². The second-order valence-corrected chi connectivity index (χ2v) is 5.93. The molecule has 8 nitrogen and oxygen atoms in total. The Balaban J connectivity index is 1.80. The van der Waals surface area contributed by atoms with Crippen LogP contribution < -0.4 is 5.32 Å². The smallest absolute Gasteiger partial charge is 0.272 e. The number of anilines is 2. The summed E-state index contributed by atoms with van der Waals surface area (Å²) in [6.07, 6.45) is 0.797. The van der Waals surface area contributed by atoms with Gasteiger partial charge in [-0.15, -0.1) is 0 Å². The van der Waals surface area contributed by atoms with Crippen LogP contribution in [0.4, 0.5) is 11.6 Å². The molecule has 1 aromatic heterocycles. The minimum absolute atomic E-state index is 0.197. The van der Waals surface area contributed by atoms with E-state index in [-0.39, 0.29) is 17.5 Å². The fourth-order valence-electron chi connectivity index (χ4n) is 2.74. The van der Waals surface area contributed by atoms with Crippen molar-refractivity contribution in [3.63, 3.8) is 0 Å². The van der Waals surface area contributed by atoms with Crippen LogP contribution in [0.15, 0.2) is 30.3 Å². The number of benzene rings is 1. The molecular weight excluding hydrogens is 332 g/mol. The summed E-state index contributed by atoms with van der Waals surface area (Å²) in [6.45, 7) is 3.76. The zero-order valence-corrected chi connectivity index (χ0v) is 14.3. The van der Waals surface area contributed by atoms with Gasteiger partial charge in [0.25, 0.3) is 5.91 Å². The van der Waals surface area contributed by atoms with E-state index in [9.17, 15) is 14.9 Å². The summed E-state index contributed by atoms with van der Waals surface area (Å²) < 4.78 is 0. The second-order valence-electron chi connectivity index (χ2n) is 5.93. The number of para-hydroxylation sites is 1. The van der Waals surface area contributed by atoms with Gasteiger partial charge in [0, 0.05) is 31.9 Å². The molecule has 0 spiro atoms. The standard InChI is InChI=1S/C18H18N6O2/c1-13-10-16(17(26)24-8-6-23(12-25)7-9-24)22-18(20-13)21-15-5-3-2-4-14(15)11-19/h2-5,10,12H,6-9H2,1H3,(H,20,21,22). The molecule has 1 aliphatic rings. The van der Waals surface area contributed by atoms with Crippen molar-refractivity contribution >= 4 is 24.0 Å². The van der Waals surface area contributed by atoms with Crippen LogP contribution in [0.2, 0.25) is 0 Å². The van der Waals surface area contributed by atoms with Crippen molar-refractivity contribution in [3.8, 4) is 6.07 Å². The van der Waals surface area contributed by atoms with E-state index in [4.69, 9.17) is 0 Å². The Morgan fingerprint density at radius 2 is 1.96 bits per heavy atom. The molecule has 1 aromatic carbocycles. The number of nitriles is 1. The second kappa shape index (κ2) is 7.61. The minimum Gasteiger partial charge on any atom is -0.342 e. The zero-order chi connectivity index (χ0) is 18.5. The number of amides is 2. The number of rotatable bonds is 4. The Morgan fingerprint density at radius 1 is 1.23 bits per heavy atom. The van der Waals surface area contributed by atoms with Crippen molar-refractivity contribution in [1.29, 1.82) is 5.26 Å². The largest absolute Gasteiger partial charge is 0.342 e. The molecule has 1 N–H and O–H groups in total. The summed E-state index contributed by atoms with van der Waals surface area (Å²) in [7, 11) is 0. The van der Waals surface area contributed by atoms with Crippen LogP contribution in [-0.2, 0) is 4.79 Å². The first-order chi connectivity index (χ1) is 12.6. The molecule has 0 atom stereocenters. The highest BCUT2D eigenvalue weighted by molar-refractivity contribution is 5.93. The topological polar surface area (TPSA) is 102 Å². The van der Waals surface area contributed by atoms with E-state index in [0.717, 1.165) is 6.41 Å². The van der Waals surface area contributed by atoms with Gasteiger partial charge in [-0.2, -0.15) is 5.26 Å². The van der Waals surface area contributed by atoms with Gasteiger partial charge in [0.05, 0.1) is 11.3 Å². The molecule has 0 unspecified atom stereocenters. The van der Waals surface area contributed by atoms with Gasteiger partial charge in [-0.05, 0) is 25.1 Å². The SMILES string of the molecule is Cc1cc(C(=O)N2CCN(C=O)CC2)nc(Nc2ccccc2C#N)n1. The molecule has 0 saturated carbocycles. The first kappa shape index (κ1) is 17.4. The molecule has 2 heterocycles. The third-order valence-electron chi connectivity index (χ3n) is 4.12. The lowest BCUT2D eigenvalue weighted by Gasteiger charge is -2.32. The van der Waals surface area contributed by atoms with Crippen LogP contribution in [0.5, 0.6) is 0 Å². The Kier molecular flexibility index (Phi) is 5.08. The van der Waals surface area contributed by atoms with Crippen LogP contribution in [0, 0.1) is 18.3 Å². The summed E-state index contributed by atoms with van der Waals surface area (Å²) in [6, 6.07) is 10.8. The predicted molar refractivity (Wildman–Crippen MR) is 94.7 cm³/mol. The Labute approximate surface area is 151 Å². The summed E-state index contributed by atoms with van der Waals surface area (Å²) >= 11 is 0. The summed E-state index contributed by atoms with van der Waals surface area (Å²) in [5.41, 5.74) is 1.98. The number of carbonyl (C=O) groups excluding carboxylic acids is 2. The molecule has 0 radical (unpaired) electrons. The van der Waals surface area contributed by atoms with Crippen molar-refractivity contribution in [1.82, 2.24) is 19.8 Å². The highest BCUT2D eigenvalue weighted by Crippen LogP contribution is 2.19. The van der Waals surface area contributed by atoms with Gasteiger partial charge >= 0.3 is 0 Å². The Morgan fingerprint density at radius 3 is 2.65 bits per heavy atom. The fourth-order valence-corrected chi connectivity index (χ4v) is 2.74. The molecule has 8 heteroatoms. The Bertz CT molecular complexity index is 868. The van der Waals surface area contributed by atoms with Gasteiger partial charge in [-0.25, -0.2) is 9.97 Å². The molecule has 2 aromatic rings. The van der Waals surface area contributed by atoms with Gasteiger partial charge in [0.1, 0.15) is 11.8 Å². The number of piperazine rings is 1. The van der Waals surface area contributed by atoms with Gasteiger partial charge in [0.2, 0.25) is 12.4 Å². The Hall–Kier alpha value is -3.47. The molecular formula is C18H18N6O2. The molecule has 132 valence electrons. The highest BCUT2D eigenvalue weighted by atomic mass is 16.2. The van der Waals surface area contributed by atoms with E-state index < -0.39 is 0 Å². The van der Waals surface area contributed by atoms with Gasteiger partial charge in [0.15, 0.2) is 0 Å². The number of aryl methyl sites for hydroxylation is 1. The number of hydrogen-bond acceptors (Lipinski definition) is 6. The molecule has 3 rings (SSSR count). The molecule has 1 saturated heterocycles. The van der Waals surface area contributed by atoms with E-state index in [0.29, 0.717) is 43.1 Å². The van der Waals surface area contributed by atoms with Crippen molar-refractivity contribution in [2.24, 2.45) is 0 Å².